The molecule has 2 aliphatic rings. The van der Waals surface area contributed by atoms with Gasteiger partial charge < -0.3 is 21.3 Å². The zero-order valence-electron chi connectivity index (χ0n) is 21.6. The number of anilines is 3. The SMILES string of the molecule is NC1CCC(Nc2cc(Nc3ccc(C(=O)N4CCC(c5ccccc5)CC4)cc3)c3nccn3n2)CC1. The molecule has 0 atom stereocenters. The second-order valence-corrected chi connectivity index (χ2v) is 10.6. The second-order valence-electron chi connectivity index (χ2n) is 10.6. The van der Waals surface area contributed by atoms with Crippen molar-refractivity contribution in [3.8, 4) is 0 Å². The van der Waals surface area contributed by atoms with E-state index in [1.807, 2.05) is 41.4 Å². The van der Waals surface area contributed by atoms with Crippen LogP contribution in [0, 0.1) is 0 Å². The number of hydrogen-bond donors (Lipinski definition) is 3. The van der Waals surface area contributed by atoms with Crippen LogP contribution in [0.4, 0.5) is 17.2 Å². The predicted molar refractivity (Wildman–Crippen MR) is 151 cm³/mol. The monoisotopic (exact) mass is 509 g/mol. The van der Waals surface area contributed by atoms with E-state index in [0.29, 0.717) is 23.6 Å². The van der Waals surface area contributed by atoms with Gasteiger partial charge in [-0.1, -0.05) is 30.3 Å². The first-order chi connectivity index (χ1) is 18.6. The molecule has 2 aromatic carbocycles. The number of fused-ring (bicyclic) bond motifs is 1. The molecule has 8 heteroatoms. The number of nitrogens with zero attached hydrogens (tertiary/aromatic N) is 4. The number of aromatic nitrogens is 3. The summed E-state index contributed by atoms with van der Waals surface area (Å²) in [5.74, 6) is 1.44. The van der Waals surface area contributed by atoms with Gasteiger partial charge in [0.05, 0.1) is 5.69 Å². The summed E-state index contributed by atoms with van der Waals surface area (Å²) in [6, 6.07) is 21.0. The summed E-state index contributed by atoms with van der Waals surface area (Å²) < 4.78 is 1.79. The van der Waals surface area contributed by atoms with Gasteiger partial charge in [0, 0.05) is 54.9 Å². The number of hydrogen-bond acceptors (Lipinski definition) is 6. The van der Waals surface area contributed by atoms with E-state index < -0.39 is 0 Å². The number of nitrogens with one attached hydrogen (secondary N) is 2. The molecule has 196 valence electrons. The Morgan fingerprint density at radius 2 is 1.66 bits per heavy atom. The van der Waals surface area contributed by atoms with Crippen LogP contribution in [0.3, 0.4) is 0 Å². The summed E-state index contributed by atoms with van der Waals surface area (Å²) in [5.41, 5.74) is 10.7. The summed E-state index contributed by atoms with van der Waals surface area (Å²) >= 11 is 0. The number of benzene rings is 2. The van der Waals surface area contributed by atoms with E-state index in [1.54, 1.807) is 10.7 Å². The Morgan fingerprint density at radius 3 is 2.39 bits per heavy atom. The number of carbonyl (C=O) groups is 1. The smallest absolute Gasteiger partial charge is 0.253 e. The van der Waals surface area contributed by atoms with E-state index in [2.05, 4.69) is 51.0 Å². The Bertz CT molecular complexity index is 1370. The largest absolute Gasteiger partial charge is 0.366 e. The van der Waals surface area contributed by atoms with Crippen LogP contribution in [0.1, 0.15) is 60.4 Å². The van der Waals surface area contributed by atoms with Crippen molar-refractivity contribution in [2.24, 2.45) is 5.73 Å². The number of carbonyl (C=O) groups excluding carboxylic acids is 1. The van der Waals surface area contributed by atoms with Crippen LogP contribution in [0.15, 0.2) is 73.1 Å². The van der Waals surface area contributed by atoms with E-state index in [4.69, 9.17) is 5.73 Å². The average molecular weight is 510 g/mol. The number of amides is 1. The molecule has 1 aliphatic carbocycles. The van der Waals surface area contributed by atoms with Crippen molar-refractivity contribution in [2.45, 2.75) is 56.5 Å². The third-order valence-electron chi connectivity index (χ3n) is 7.95. The van der Waals surface area contributed by atoms with Gasteiger partial charge in [0.15, 0.2) is 5.65 Å². The highest BCUT2D eigenvalue weighted by Gasteiger charge is 2.24. The molecule has 1 saturated carbocycles. The van der Waals surface area contributed by atoms with Crippen molar-refractivity contribution >= 4 is 28.7 Å². The molecular formula is C30H35N7O. The average Bonchev–Trinajstić information content (AvgIpc) is 3.44. The van der Waals surface area contributed by atoms with Gasteiger partial charge in [-0.3, -0.25) is 4.79 Å². The molecule has 3 heterocycles. The minimum absolute atomic E-state index is 0.0984. The van der Waals surface area contributed by atoms with E-state index in [1.165, 1.54) is 5.56 Å². The third kappa shape index (κ3) is 5.36. The van der Waals surface area contributed by atoms with E-state index >= 15 is 0 Å². The van der Waals surface area contributed by atoms with Crippen molar-refractivity contribution in [3.63, 3.8) is 0 Å². The Hall–Kier alpha value is -3.91. The first-order valence-electron chi connectivity index (χ1n) is 13.7. The Morgan fingerprint density at radius 1 is 0.921 bits per heavy atom. The quantitative estimate of drug-likeness (QED) is 0.331. The first-order valence-corrected chi connectivity index (χ1v) is 13.7. The molecule has 4 N–H and O–H groups in total. The Labute approximate surface area is 223 Å². The maximum absolute atomic E-state index is 13.2. The topological polar surface area (TPSA) is 101 Å². The fourth-order valence-corrected chi connectivity index (χ4v) is 5.73. The lowest BCUT2D eigenvalue weighted by Crippen LogP contribution is -2.37. The molecule has 2 aromatic heterocycles. The summed E-state index contributed by atoms with van der Waals surface area (Å²) in [5, 5.41) is 11.7. The van der Waals surface area contributed by atoms with Crippen LogP contribution >= 0.6 is 0 Å². The number of piperidine rings is 1. The molecular weight excluding hydrogens is 474 g/mol. The van der Waals surface area contributed by atoms with Crippen LogP contribution in [0.5, 0.6) is 0 Å². The lowest BCUT2D eigenvalue weighted by molar-refractivity contribution is 0.0713. The number of nitrogens with two attached hydrogens (primary N) is 1. The molecule has 38 heavy (non-hydrogen) atoms. The van der Waals surface area contributed by atoms with Crippen LogP contribution in [0.25, 0.3) is 5.65 Å². The Kier molecular flexibility index (Phi) is 6.96. The van der Waals surface area contributed by atoms with E-state index in [0.717, 1.165) is 74.5 Å². The summed E-state index contributed by atoms with van der Waals surface area (Å²) in [6.45, 7) is 1.58. The highest BCUT2D eigenvalue weighted by molar-refractivity contribution is 5.94. The molecule has 8 nitrogen and oxygen atoms in total. The fraction of sp³-hybridized carbons (Fsp3) is 0.367. The van der Waals surface area contributed by atoms with Gasteiger partial charge in [-0.25, -0.2) is 9.50 Å². The second kappa shape index (κ2) is 10.8. The highest BCUT2D eigenvalue weighted by atomic mass is 16.2. The van der Waals surface area contributed by atoms with Crippen LogP contribution in [-0.4, -0.2) is 50.6 Å². The van der Waals surface area contributed by atoms with E-state index in [-0.39, 0.29) is 5.91 Å². The predicted octanol–water partition coefficient (Wildman–Crippen LogP) is 5.17. The maximum atomic E-state index is 13.2. The highest BCUT2D eigenvalue weighted by Crippen LogP contribution is 2.29. The standard InChI is InChI=1S/C30H35N7O/c31-24-8-12-26(13-9-24)34-28-20-27(29-32-16-19-37(29)35-28)33-25-10-6-23(7-11-25)30(38)36-17-14-22(15-18-36)21-4-2-1-3-5-21/h1-7,10-11,16,19-20,22,24,26,33H,8-9,12-15,17-18,31H2,(H,34,35). The van der Waals surface area contributed by atoms with Crippen molar-refractivity contribution in [1.29, 1.82) is 0 Å². The molecule has 0 radical (unpaired) electrons. The molecule has 1 aliphatic heterocycles. The molecule has 0 bridgehead atoms. The van der Waals surface area contributed by atoms with Gasteiger partial charge in [-0.05, 0) is 74.3 Å². The molecule has 1 amide bonds. The Balaban J connectivity index is 1.11. The number of imidazole rings is 1. The van der Waals surface area contributed by atoms with Crippen LogP contribution in [-0.2, 0) is 0 Å². The van der Waals surface area contributed by atoms with Crippen molar-refractivity contribution in [2.75, 3.05) is 23.7 Å². The lowest BCUT2D eigenvalue weighted by atomic mass is 9.89. The van der Waals surface area contributed by atoms with E-state index in [9.17, 15) is 4.79 Å². The summed E-state index contributed by atoms with van der Waals surface area (Å²) in [6.07, 6.45) is 9.77. The van der Waals surface area contributed by atoms with Crippen LogP contribution < -0.4 is 16.4 Å². The fourth-order valence-electron chi connectivity index (χ4n) is 5.73. The zero-order valence-corrected chi connectivity index (χ0v) is 21.6. The minimum atomic E-state index is 0.0984. The third-order valence-corrected chi connectivity index (χ3v) is 7.95. The number of rotatable bonds is 6. The van der Waals surface area contributed by atoms with Crippen LogP contribution in [0.2, 0.25) is 0 Å². The van der Waals surface area contributed by atoms with Crippen molar-refractivity contribution in [3.05, 3.63) is 84.2 Å². The molecule has 6 rings (SSSR count). The maximum Gasteiger partial charge on any atom is 0.253 e. The van der Waals surface area contributed by atoms with Gasteiger partial charge >= 0.3 is 0 Å². The van der Waals surface area contributed by atoms with Gasteiger partial charge in [0.1, 0.15) is 5.82 Å². The summed E-state index contributed by atoms with van der Waals surface area (Å²) in [7, 11) is 0. The number of likely N-dealkylation sites (tertiary alicyclic amines) is 1. The van der Waals surface area contributed by atoms with Gasteiger partial charge in [0.25, 0.3) is 5.91 Å². The lowest BCUT2D eigenvalue weighted by Gasteiger charge is -2.32. The first kappa shape index (κ1) is 24.4. The van der Waals surface area contributed by atoms with Crippen molar-refractivity contribution in [1.82, 2.24) is 19.5 Å². The normalized spacial score (nSPS) is 20.4. The van der Waals surface area contributed by atoms with Crippen molar-refractivity contribution < 1.29 is 4.79 Å². The molecule has 0 spiro atoms. The van der Waals surface area contributed by atoms with Gasteiger partial charge in [-0.15, -0.1) is 5.10 Å². The van der Waals surface area contributed by atoms with Gasteiger partial charge in [0.2, 0.25) is 0 Å². The van der Waals surface area contributed by atoms with Gasteiger partial charge in [-0.2, -0.15) is 0 Å². The zero-order chi connectivity index (χ0) is 25.9. The molecule has 2 fully saturated rings. The summed E-state index contributed by atoms with van der Waals surface area (Å²) in [4.78, 5) is 19.6. The molecule has 0 unspecified atom stereocenters. The molecule has 4 aromatic rings. The molecule has 1 saturated heterocycles. The minimum Gasteiger partial charge on any atom is -0.366 e.